The second-order valence-corrected chi connectivity index (χ2v) is 11.7. The van der Waals surface area contributed by atoms with E-state index in [1.54, 1.807) is 12.3 Å². The fraction of sp³-hybridized carbons (Fsp3) is 0.440. The first-order valence-corrected chi connectivity index (χ1v) is 13.4. The van der Waals surface area contributed by atoms with Gasteiger partial charge in [-0.1, -0.05) is 23.1 Å². The van der Waals surface area contributed by atoms with Gasteiger partial charge in [0.1, 0.15) is 28.2 Å². The molecule has 0 spiro atoms. The van der Waals surface area contributed by atoms with Gasteiger partial charge in [0, 0.05) is 11.5 Å². The number of amides is 1. The molecule has 0 atom stereocenters. The van der Waals surface area contributed by atoms with Gasteiger partial charge in [-0.25, -0.2) is 0 Å². The second kappa shape index (κ2) is 8.75. The van der Waals surface area contributed by atoms with E-state index < -0.39 is 5.91 Å². The lowest BCUT2D eigenvalue weighted by Crippen LogP contribution is -2.48. The van der Waals surface area contributed by atoms with Crippen molar-refractivity contribution in [2.45, 2.75) is 54.8 Å². The van der Waals surface area contributed by atoms with E-state index in [2.05, 4.69) is 15.5 Å². The molecule has 0 radical (unpaired) electrons. The van der Waals surface area contributed by atoms with E-state index in [1.807, 2.05) is 24.3 Å². The summed E-state index contributed by atoms with van der Waals surface area (Å²) < 4.78 is 11.1. The van der Waals surface area contributed by atoms with E-state index in [0.29, 0.717) is 21.7 Å². The fourth-order valence-corrected chi connectivity index (χ4v) is 8.07. The molecule has 4 fully saturated rings. The van der Waals surface area contributed by atoms with Gasteiger partial charge in [0.25, 0.3) is 5.91 Å². The first-order chi connectivity index (χ1) is 16.6. The van der Waals surface area contributed by atoms with Gasteiger partial charge < -0.3 is 8.83 Å². The molecule has 4 aliphatic carbocycles. The number of carbonyl (C=O) groups is 1. The van der Waals surface area contributed by atoms with Crippen molar-refractivity contribution in [3.05, 3.63) is 52.6 Å². The van der Waals surface area contributed by atoms with Crippen LogP contribution in [-0.4, -0.2) is 16.1 Å². The Morgan fingerprint density at radius 2 is 1.97 bits per heavy atom. The van der Waals surface area contributed by atoms with E-state index >= 15 is 0 Å². The number of nitrogens with zero attached hydrogens (tertiary/aromatic N) is 3. The first-order valence-electron chi connectivity index (χ1n) is 11.6. The van der Waals surface area contributed by atoms with Crippen molar-refractivity contribution in [2.24, 2.45) is 17.8 Å². The summed E-state index contributed by atoms with van der Waals surface area (Å²) in [4.78, 5) is 12.8. The summed E-state index contributed by atoms with van der Waals surface area (Å²) in [7, 11) is 0. The van der Waals surface area contributed by atoms with Crippen LogP contribution in [0.25, 0.3) is 6.08 Å². The Hall–Kier alpha value is -2.83. The number of nitrogens with one attached hydrogen (secondary N) is 1. The maximum absolute atomic E-state index is 12.8. The summed E-state index contributed by atoms with van der Waals surface area (Å²) in [5.41, 5.74) is 0.102. The molecule has 0 aromatic carbocycles. The summed E-state index contributed by atoms with van der Waals surface area (Å²) in [6.07, 6.45) is 10.8. The van der Waals surface area contributed by atoms with Gasteiger partial charge in [-0.15, -0.1) is 10.2 Å². The van der Waals surface area contributed by atoms with Gasteiger partial charge >= 0.3 is 0 Å². The molecule has 4 saturated carbocycles. The molecule has 7 nitrogen and oxygen atoms in total. The molecule has 9 heteroatoms. The maximum Gasteiger partial charge on any atom is 0.268 e. The van der Waals surface area contributed by atoms with Crippen LogP contribution < -0.4 is 5.32 Å². The van der Waals surface area contributed by atoms with Crippen LogP contribution in [0.3, 0.4) is 0 Å². The highest BCUT2D eigenvalue weighted by atomic mass is 32.2. The van der Waals surface area contributed by atoms with Crippen molar-refractivity contribution in [3.8, 4) is 6.07 Å². The van der Waals surface area contributed by atoms with Gasteiger partial charge in [0.15, 0.2) is 5.09 Å². The van der Waals surface area contributed by atoms with Gasteiger partial charge in [-0.3, -0.25) is 10.1 Å². The molecule has 3 aromatic rings. The number of furan rings is 2. The predicted octanol–water partition coefficient (Wildman–Crippen LogP) is 6.03. The van der Waals surface area contributed by atoms with Crippen LogP contribution in [0.5, 0.6) is 0 Å². The van der Waals surface area contributed by atoms with Crippen LogP contribution in [-0.2, 0) is 16.0 Å². The van der Waals surface area contributed by atoms with E-state index in [4.69, 9.17) is 8.83 Å². The van der Waals surface area contributed by atoms with Crippen LogP contribution in [0.4, 0.5) is 5.13 Å². The first kappa shape index (κ1) is 21.7. The van der Waals surface area contributed by atoms with Crippen LogP contribution in [0.2, 0.25) is 0 Å². The van der Waals surface area contributed by atoms with Gasteiger partial charge in [-0.2, -0.15) is 5.26 Å². The Bertz CT molecular complexity index is 1230. The number of hydrogen-bond donors (Lipinski definition) is 1. The normalized spacial score (nSPS) is 27.6. The van der Waals surface area contributed by atoms with Gasteiger partial charge in [-0.05, 0) is 80.5 Å². The second-order valence-electron chi connectivity index (χ2n) is 9.76. The molecular formula is C25H24N4O3S2. The maximum atomic E-state index is 12.8. The third-order valence-electron chi connectivity index (χ3n) is 7.33. The molecule has 0 saturated heterocycles. The minimum atomic E-state index is -0.503. The molecule has 7 rings (SSSR count). The van der Waals surface area contributed by atoms with E-state index in [9.17, 15) is 10.1 Å². The van der Waals surface area contributed by atoms with Crippen LogP contribution in [0.15, 0.2) is 50.0 Å². The van der Waals surface area contributed by atoms with Crippen molar-refractivity contribution in [3.63, 3.8) is 0 Å². The molecular weight excluding hydrogens is 468 g/mol. The van der Waals surface area contributed by atoms with E-state index in [1.165, 1.54) is 67.7 Å². The SMILES string of the molecule is N#C/C(=C/c1ccc(SCc2ccco2)o1)C(=O)Nc1nnc(C23CC4CC(CC(C4)C2)C3)s1. The van der Waals surface area contributed by atoms with Crippen molar-refractivity contribution in [1.29, 1.82) is 5.26 Å². The third kappa shape index (κ3) is 4.21. The van der Waals surface area contributed by atoms with Gasteiger partial charge in [0.2, 0.25) is 5.13 Å². The third-order valence-corrected chi connectivity index (χ3v) is 9.35. The van der Waals surface area contributed by atoms with Crippen LogP contribution in [0.1, 0.15) is 55.1 Å². The number of aromatic nitrogens is 2. The number of anilines is 1. The summed E-state index contributed by atoms with van der Waals surface area (Å²) >= 11 is 2.95. The molecule has 0 aliphatic heterocycles. The topological polar surface area (TPSA) is 105 Å². The number of thioether (sulfide) groups is 1. The summed E-state index contributed by atoms with van der Waals surface area (Å²) in [6, 6.07) is 9.27. The summed E-state index contributed by atoms with van der Waals surface area (Å²) in [5.74, 6) is 3.88. The molecule has 4 aliphatic rings. The summed E-state index contributed by atoms with van der Waals surface area (Å²) in [6.45, 7) is 0. The number of hydrogen-bond acceptors (Lipinski definition) is 8. The number of rotatable bonds is 7. The monoisotopic (exact) mass is 492 g/mol. The van der Waals surface area contributed by atoms with Crippen molar-refractivity contribution < 1.29 is 13.6 Å². The van der Waals surface area contributed by atoms with E-state index in [-0.39, 0.29) is 11.0 Å². The quantitative estimate of drug-likeness (QED) is 0.244. The molecule has 174 valence electrons. The van der Waals surface area contributed by atoms with Crippen molar-refractivity contribution in [2.75, 3.05) is 5.32 Å². The molecule has 0 unspecified atom stereocenters. The standard InChI is InChI=1S/C25H24N4O3S2/c26-13-18(9-19-3-4-21(32-19)33-14-20-2-1-5-31-20)22(30)27-24-29-28-23(34-24)25-10-15-6-16(11-25)8-17(7-15)12-25/h1-5,9,15-17H,6-8,10-12,14H2,(H,27,29,30)/b18-9-. The molecule has 3 aromatic heterocycles. The minimum Gasteiger partial charge on any atom is -0.468 e. The Morgan fingerprint density at radius 1 is 1.21 bits per heavy atom. The lowest BCUT2D eigenvalue weighted by Gasteiger charge is -2.55. The Kier molecular flexibility index (Phi) is 5.58. The minimum absolute atomic E-state index is 0.0384. The average molecular weight is 493 g/mol. The molecule has 1 amide bonds. The zero-order valence-electron chi connectivity index (χ0n) is 18.5. The van der Waals surface area contributed by atoms with Gasteiger partial charge in [0.05, 0.1) is 12.0 Å². The Balaban J connectivity index is 1.12. The smallest absolute Gasteiger partial charge is 0.268 e. The highest BCUT2D eigenvalue weighted by molar-refractivity contribution is 7.98. The highest BCUT2D eigenvalue weighted by Crippen LogP contribution is 2.61. The van der Waals surface area contributed by atoms with Crippen LogP contribution >= 0.6 is 23.1 Å². The highest BCUT2D eigenvalue weighted by Gasteiger charge is 2.53. The Labute approximate surface area is 205 Å². The largest absolute Gasteiger partial charge is 0.468 e. The lowest BCUT2D eigenvalue weighted by molar-refractivity contribution is -0.112. The molecule has 4 bridgehead atoms. The predicted molar refractivity (Wildman–Crippen MR) is 129 cm³/mol. The number of nitriles is 1. The Morgan fingerprint density at radius 3 is 2.65 bits per heavy atom. The summed E-state index contributed by atoms with van der Waals surface area (Å²) in [5, 5.41) is 23.3. The van der Waals surface area contributed by atoms with Crippen LogP contribution in [0, 0.1) is 29.1 Å². The molecule has 3 heterocycles. The van der Waals surface area contributed by atoms with Crippen molar-refractivity contribution in [1.82, 2.24) is 10.2 Å². The number of carbonyl (C=O) groups excluding carboxylic acids is 1. The molecule has 1 N–H and O–H groups in total. The zero-order chi connectivity index (χ0) is 23.1. The van der Waals surface area contributed by atoms with E-state index in [0.717, 1.165) is 28.5 Å². The zero-order valence-corrected chi connectivity index (χ0v) is 20.2. The van der Waals surface area contributed by atoms with Crippen molar-refractivity contribution >= 4 is 40.2 Å². The molecule has 34 heavy (non-hydrogen) atoms. The average Bonchev–Trinajstić information content (AvgIpc) is 3.57. The lowest BCUT2D eigenvalue weighted by atomic mass is 9.50. The fourth-order valence-electron chi connectivity index (χ4n) is 6.34.